The van der Waals surface area contributed by atoms with E-state index in [0.717, 1.165) is 12.8 Å². The molecule has 1 saturated carbocycles. The van der Waals surface area contributed by atoms with Crippen molar-refractivity contribution in [3.63, 3.8) is 0 Å². The number of hydrogen-bond acceptors (Lipinski definition) is 2. The van der Waals surface area contributed by atoms with E-state index in [9.17, 15) is 4.39 Å². The summed E-state index contributed by atoms with van der Waals surface area (Å²) in [6.07, 6.45) is 2.15. The van der Waals surface area contributed by atoms with Gasteiger partial charge in [0.05, 0.1) is 7.11 Å². The van der Waals surface area contributed by atoms with E-state index in [-0.39, 0.29) is 23.0 Å². The molecular weight excluding hydrogens is 193 g/mol. The molecule has 1 aromatic rings. The predicted molar refractivity (Wildman–Crippen MR) is 57.2 cm³/mol. The number of hydrogen-bond donors (Lipinski definition) is 1. The molecule has 0 bridgehead atoms. The Balaban J connectivity index is 2.35. The van der Waals surface area contributed by atoms with E-state index < -0.39 is 0 Å². The highest BCUT2D eigenvalue weighted by Crippen LogP contribution is 2.53. The summed E-state index contributed by atoms with van der Waals surface area (Å²) in [6.45, 7) is 2.09. The molecule has 0 spiro atoms. The molecule has 2 N–H and O–H groups in total. The van der Waals surface area contributed by atoms with Gasteiger partial charge in [-0.3, -0.25) is 0 Å². The third kappa shape index (κ3) is 1.72. The topological polar surface area (TPSA) is 35.2 Å². The summed E-state index contributed by atoms with van der Waals surface area (Å²) < 4.78 is 18.8. The highest BCUT2D eigenvalue weighted by molar-refractivity contribution is 5.34. The molecule has 1 aliphatic carbocycles. The van der Waals surface area contributed by atoms with Gasteiger partial charge in [-0.05, 0) is 24.3 Å². The molecule has 1 aromatic carbocycles. The predicted octanol–water partition coefficient (Wildman–Crippen LogP) is 2.63. The molecule has 0 aliphatic heterocycles. The lowest BCUT2D eigenvalue weighted by atomic mass is 9.92. The van der Waals surface area contributed by atoms with Crippen LogP contribution in [0.25, 0.3) is 0 Å². The largest absolute Gasteiger partial charge is 0.494 e. The van der Waals surface area contributed by atoms with Gasteiger partial charge in [-0.25, -0.2) is 4.39 Å². The summed E-state index contributed by atoms with van der Waals surface area (Å²) >= 11 is 0. The van der Waals surface area contributed by atoms with Crippen LogP contribution in [-0.2, 0) is 0 Å². The molecule has 0 radical (unpaired) electrons. The molecule has 1 aliphatic rings. The van der Waals surface area contributed by atoms with Gasteiger partial charge < -0.3 is 10.5 Å². The van der Waals surface area contributed by atoms with Crippen molar-refractivity contribution >= 4 is 0 Å². The van der Waals surface area contributed by atoms with E-state index in [2.05, 4.69) is 6.92 Å². The van der Waals surface area contributed by atoms with Crippen molar-refractivity contribution in [3.05, 3.63) is 29.6 Å². The van der Waals surface area contributed by atoms with Crippen LogP contribution >= 0.6 is 0 Å². The Kier molecular flexibility index (Phi) is 2.43. The maximum atomic E-state index is 13.9. The number of benzene rings is 1. The second-order valence-electron chi connectivity index (χ2n) is 4.50. The fourth-order valence-corrected chi connectivity index (χ4v) is 1.81. The molecule has 0 amide bonds. The monoisotopic (exact) mass is 209 g/mol. The fourth-order valence-electron chi connectivity index (χ4n) is 1.81. The minimum absolute atomic E-state index is 0.0766. The van der Waals surface area contributed by atoms with Gasteiger partial charge in [0.15, 0.2) is 11.6 Å². The third-order valence-corrected chi connectivity index (χ3v) is 3.34. The first-order valence-corrected chi connectivity index (χ1v) is 5.16. The Morgan fingerprint density at radius 3 is 2.67 bits per heavy atom. The summed E-state index contributed by atoms with van der Waals surface area (Å²) in [4.78, 5) is 0. The third-order valence-electron chi connectivity index (χ3n) is 3.34. The van der Waals surface area contributed by atoms with Crippen molar-refractivity contribution in [2.75, 3.05) is 7.11 Å². The summed E-state index contributed by atoms with van der Waals surface area (Å²) in [7, 11) is 1.46. The molecule has 1 atom stereocenters. The van der Waals surface area contributed by atoms with Crippen LogP contribution < -0.4 is 10.5 Å². The first-order valence-electron chi connectivity index (χ1n) is 5.16. The molecule has 15 heavy (non-hydrogen) atoms. The average molecular weight is 209 g/mol. The standard InChI is InChI=1S/C12H16FNO/c1-12(6-7-12)11(14)8-4-3-5-9(15-2)10(8)13/h3-5,11H,6-7,14H2,1-2H3. The van der Waals surface area contributed by atoms with Gasteiger partial charge >= 0.3 is 0 Å². The molecule has 0 heterocycles. The van der Waals surface area contributed by atoms with E-state index >= 15 is 0 Å². The first-order chi connectivity index (χ1) is 7.08. The van der Waals surface area contributed by atoms with E-state index in [1.54, 1.807) is 18.2 Å². The highest BCUT2D eigenvalue weighted by Gasteiger charge is 2.44. The molecule has 0 aromatic heterocycles. The minimum Gasteiger partial charge on any atom is -0.494 e. The van der Waals surface area contributed by atoms with Gasteiger partial charge in [-0.2, -0.15) is 0 Å². The number of methoxy groups -OCH3 is 1. The average Bonchev–Trinajstić information content (AvgIpc) is 2.97. The normalized spacial score (nSPS) is 19.7. The highest BCUT2D eigenvalue weighted by atomic mass is 19.1. The number of nitrogens with two attached hydrogens (primary N) is 1. The van der Waals surface area contributed by atoms with E-state index in [1.165, 1.54) is 7.11 Å². The minimum atomic E-state index is -0.319. The Bertz CT molecular complexity index is 374. The molecular formula is C12H16FNO. The van der Waals surface area contributed by atoms with E-state index in [1.807, 2.05) is 0 Å². The zero-order chi connectivity index (χ0) is 11.1. The molecule has 1 unspecified atom stereocenters. The van der Waals surface area contributed by atoms with Crippen LogP contribution in [0.15, 0.2) is 18.2 Å². The van der Waals surface area contributed by atoms with Crippen LogP contribution in [0.5, 0.6) is 5.75 Å². The van der Waals surface area contributed by atoms with Gasteiger partial charge in [0.2, 0.25) is 0 Å². The van der Waals surface area contributed by atoms with Crippen LogP contribution in [0.1, 0.15) is 31.4 Å². The first kappa shape index (κ1) is 10.4. The quantitative estimate of drug-likeness (QED) is 0.830. The van der Waals surface area contributed by atoms with Crippen molar-refractivity contribution < 1.29 is 9.13 Å². The van der Waals surface area contributed by atoms with Gasteiger partial charge in [-0.1, -0.05) is 19.1 Å². The summed E-state index contributed by atoms with van der Waals surface area (Å²) in [5.41, 5.74) is 6.70. The van der Waals surface area contributed by atoms with Gasteiger partial charge in [-0.15, -0.1) is 0 Å². The SMILES string of the molecule is COc1cccc(C(N)C2(C)CC2)c1F. The Hall–Kier alpha value is -1.09. The zero-order valence-corrected chi connectivity index (χ0v) is 9.09. The molecule has 2 nitrogen and oxygen atoms in total. The summed E-state index contributed by atoms with van der Waals surface area (Å²) in [6, 6.07) is 4.91. The Morgan fingerprint density at radius 2 is 2.13 bits per heavy atom. The lowest BCUT2D eigenvalue weighted by molar-refractivity contribution is 0.372. The van der Waals surface area contributed by atoms with Crippen LogP contribution in [0, 0.1) is 11.2 Å². The molecule has 82 valence electrons. The van der Waals surface area contributed by atoms with Crippen molar-refractivity contribution in [2.24, 2.45) is 11.1 Å². The van der Waals surface area contributed by atoms with E-state index in [0.29, 0.717) is 5.56 Å². The van der Waals surface area contributed by atoms with Crippen LogP contribution in [0.3, 0.4) is 0 Å². The van der Waals surface area contributed by atoms with Crippen LogP contribution in [0.2, 0.25) is 0 Å². The maximum Gasteiger partial charge on any atom is 0.169 e. The van der Waals surface area contributed by atoms with Crippen LogP contribution in [-0.4, -0.2) is 7.11 Å². The van der Waals surface area contributed by atoms with Gasteiger partial charge in [0.25, 0.3) is 0 Å². The van der Waals surface area contributed by atoms with Crippen molar-refractivity contribution in [3.8, 4) is 5.75 Å². The van der Waals surface area contributed by atoms with Crippen molar-refractivity contribution in [1.29, 1.82) is 0 Å². The molecule has 0 saturated heterocycles. The lowest BCUT2D eigenvalue weighted by Gasteiger charge is -2.20. The van der Waals surface area contributed by atoms with Gasteiger partial charge in [0, 0.05) is 11.6 Å². The van der Waals surface area contributed by atoms with E-state index in [4.69, 9.17) is 10.5 Å². The maximum absolute atomic E-state index is 13.9. The molecule has 1 fully saturated rings. The van der Waals surface area contributed by atoms with Gasteiger partial charge in [0.1, 0.15) is 0 Å². The zero-order valence-electron chi connectivity index (χ0n) is 9.09. The fraction of sp³-hybridized carbons (Fsp3) is 0.500. The number of ether oxygens (including phenoxy) is 1. The second-order valence-corrected chi connectivity index (χ2v) is 4.50. The van der Waals surface area contributed by atoms with Crippen LogP contribution in [0.4, 0.5) is 4.39 Å². The smallest absolute Gasteiger partial charge is 0.169 e. The molecule has 2 rings (SSSR count). The summed E-state index contributed by atoms with van der Waals surface area (Å²) in [5, 5.41) is 0. The number of rotatable bonds is 3. The number of halogens is 1. The van der Waals surface area contributed by atoms with Crippen molar-refractivity contribution in [1.82, 2.24) is 0 Å². The lowest BCUT2D eigenvalue weighted by Crippen LogP contribution is -2.21. The molecule has 3 heteroatoms. The second kappa shape index (κ2) is 3.49. The Morgan fingerprint density at radius 1 is 1.47 bits per heavy atom. The Labute approximate surface area is 89.2 Å². The van der Waals surface area contributed by atoms with Crippen molar-refractivity contribution in [2.45, 2.75) is 25.8 Å². The summed E-state index contributed by atoms with van der Waals surface area (Å²) in [5.74, 6) is -0.0483.